The van der Waals surface area contributed by atoms with E-state index in [4.69, 9.17) is 9.47 Å². The third-order valence-electron chi connectivity index (χ3n) is 4.21. The predicted molar refractivity (Wildman–Crippen MR) is 109 cm³/mol. The van der Waals surface area contributed by atoms with E-state index in [-0.39, 0.29) is 23.0 Å². The van der Waals surface area contributed by atoms with Gasteiger partial charge in [-0.1, -0.05) is 32.9 Å². The molecule has 0 unspecified atom stereocenters. The van der Waals surface area contributed by atoms with E-state index >= 15 is 0 Å². The zero-order valence-electron chi connectivity index (χ0n) is 16.2. The highest BCUT2D eigenvalue weighted by Gasteiger charge is 2.15. The number of fused-ring (bicyclic) bond motifs is 1. The summed E-state index contributed by atoms with van der Waals surface area (Å²) in [6, 6.07) is 12.9. The highest BCUT2D eigenvalue weighted by Crippen LogP contribution is 2.34. The average Bonchev–Trinajstić information content (AvgIpc) is 2.69. The number of hydrogen-bond donors (Lipinski definition) is 2. The van der Waals surface area contributed by atoms with Crippen LogP contribution < -0.4 is 20.3 Å². The van der Waals surface area contributed by atoms with Crippen molar-refractivity contribution in [2.45, 2.75) is 31.1 Å². The van der Waals surface area contributed by atoms with Gasteiger partial charge in [-0.2, -0.15) is 0 Å². The van der Waals surface area contributed by atoms with Crippen LogP contribution in [0.3, 0.4) is 0 Å². The SMILES string of the molecule is CC(C)(C)c1ccc(C(=O)NNC(=O)CSc2ccc3c(c2)OCCO3)cc1. The molecule has 0 atom stereocenters. The van der Waals surface area contributed by atoms with E-state index in [9.17, 15) is 9.59 Å². The number of ether oxygens (including phenoxy) is 2. The predicted octanol–water partition coefficient (Wildman–Crippen LogP) is 3.31. The summed E-state index contributed by atoms with van der Waals surface area (Å²) in [5.74, 6) is 0.925. The van der Waals surface area contributed by atoms with Crippen LogP contribution in [-0.4, -0.2) is 30.8 Å². The smallest absolute Gasteiger partial charge is 0.269 e. The van der Waals surface area contributed by atoms with Gasteiger partial charge in [-0.25, -0.2) is 0 Å². The number of hydrazine groups is 1. The van der Waals surface area contributed by atoms with Gasteiger partial charge in [0.25, 0.3) is 5.91 Å². The van der Waals surface area contributed by atoms with Crippen LogP contribution in [0, 0.1) is 0 Å². The number of amides is 2. The summed E-state index contributed by atoms with van der Waals surface area (Å²) in [7, 11) is 0. The Kier molecular flexibility index (Phi) is 6.14. The van der Waals surface area contributed by atoms with Gasteiger partial charge in [0.1, 0.15) is 13.2 Å². The number of rotatable bonds is 4. The first-order valence-electron chi connectivity index (χ1n) is 9.05. The summed E-state index contributed by atoms with van der Waals surface area (Å²) in [6.07, 6.45) is 0. The molecule has 1 aliphatic heterocycles. The Bertz CT molecular complexity index is 860. The van der Waals surface area contributed by atoms with Gasteiger partial charge in [-0.05, 0) is 41.3 Å². The maximum Gasteiger partial charge on any atom is 0.269 e. The van der Waals surface area contributed by atoms with Crippen LogP contribution in [0.15, 0.2) is 47.4 Å². The van der Waals surface area contributed by atoms with Gasteiger partial charge in [0, 0.05) is 10.5 Å². The molecule has 0 saturated carbocycles. The fourth-order valence-corrected chi connectivity index (χ4v) is 3.34. The van der Waals surface area contributed by atoms with Crippen molar-refractivity contribution in [2.75, 3.05) is 19.0 Å². The van der Waals surface area contributed by atoms with Crippen molar-refractivity contribution in [3.8, 4) is 11.5 Å². The molecule has 0 bridgehead atoms. The standard InChI is InChI=1S/C21H24N2O4S/c1-21(2,3)15-6-4-14(5-7-15)20(25)23-22-19(24)13-28-16-8-9-17-18(12-16)27-11-10-26-17/h4-9,12H,10-11,13H2,1-3H3,(H,22,24)(H,23,25). The van der Waals surface area contributed by atoms with Crippen molar-refractivity contribution in [1.82, 2.24) is 10.9 Å². The number of thioether (sulfide) groups is 1. The van der Waals surface area contributed by atoms with Gasteiger partial charge in [0.05, 0.1) is 5.75 Å². The summed E-state index contributed by atoms with van der Waals surface area (Å²) >= 11 is 1.35. The van der Waals surface area contributed by atoms with Crippen LogP contribution in [0.5, 0.6) is 11.5 Å². The van der Waals surface area contributed by atoms with E-state index in [1.54, 1.807) is 12.1 Å². The molecule has 28 heavy (non-hydrogen) atoms. The molecule has 148 valence electrons. The van der Waals surface area contributed by atoms with Crippen molar-refractivity contribution in [3.63, 3.8) is 0 Å². The topological polar surface area (TPSA) is 76.7 Å². The van der Waals surface area contributed by atoms with Gasteiger partial charge >= 0.3 is 0 Å². The highest BCUT2D eigenvalue weighted by molar-refractivity contribution is 8.00. The molecule has 2 aromatic carbocycles. The second-order valence-corrected chi connectivity index (χ2v) is 8.47. The van der Waals surface area contributed by atoms with E-state index in [0.29, 0.717) is 30.3 Å². The number of hydrogen-bond acceptors (Lipinski definition) is 5. The molecule has 0 aromatic heterocycles. The molecule has 3 rings (SSSR count). The van der Waals surface area contributed by atoms with Crippen molar-refractivity contribution in [2.24, 2.45) is 0 Å². The summed E-state index contributed by atoms with van der Waals surface area (Å²) in [5, 5.41) is 0. The second kappa shape index (κ2) is 8.56. The monoisotopic (exact) mass is 400 g/mol. The first-order chi connectivity index (χ1) is 13.3. The third kappa shape index (κ3) is 5.19. The van der Waals surface area contributed by atoms with Crippen LogP contribution in [0.4, 0.5) is 0 Å². The molecule has 1 aliphatic rings. The van der Waals surface area contributed by atoms with Crippen molar-refractivity contribution in [3.05, 3.63) is 53.6 Å². The number of carbonyl (C=O) groups is 2. The Labute approximate surface area is 169 Å². The third-order valence-corrected chi connectivity index (χ3v) is 5.21. The van der Waals surface area contributed by atoms with Gasteiger partial charge in [-0.3, -0.25) is 20.4 Å². The van der Waals surface area contributed by atoms with Crippen LogP contribution >= 0.6 is 11.8 Å². The van der Waals surface area contributed by atoms with E-state index in [0.717, 1.165) is 10.5 Å². The minimum absolute atomic E-state index is 0.0221. The molecule has 1 heterocycles. The molecular formula is C21H24N2O4S. The molecular weight excluding hydrogens is 376 g/mol. The number of benzene rings is 2. The zero-order valence-corrected chi connectivity index (χ0v) is 17.0. The summed E-state index contributed by atoms with van der Waals surface area (Å²) < 4.78 is 11.0. The summed E-state index contributed by atoms with van der Waals surface area (Å²) in [5.41, 5.74) is 6.55. The molecule has 7 heteroatoms. The number of nitrogens with one attached hydrogen (secondary N) is 2. The first-order valence-corrected chi connectivity index (χ1v) is 10.0. The van der Waals surface area contributed by atoms with Crippen LogP contribution in [0.1, 0.15) is 36.7 Å². The van der Waals surface area contributed by atoms with Crippen molar-refractivity contribution >= 4 is 23.6 Å². The average molecular weight is 401 g/mol. The van der Waals surface area contributed by atoms with Gasteiger partial charge in [0.2, 0.25) is 5.91 Å². The molecule has 0 spiro atoms. The molecule has 2 amide bonds. The highest BCUT2D eigenvalue weighted by atomic mass is 32.2. The molecule has 0 radical (unpaired) electrons. The Balaban J connectivity index is 1.47. The minimum Gasteiger partial charge on any atom is -0.486 e. The van der Waals surface area contributed by atoms with E-state index < -0.39 is 0 Å². The van der Waals surface area contributed by atoms with E-state index in [1.165, 1.54) is 11.8 Å². The Morgan fingerprint density at radius 1 is 0.964 bits per heavy atom. The van der Waals surface area contributed by atoms with Crippen molar-refractivity contribution < 1.29 is 19.1 Å². The van der Waals surface area contributed by atoms with E-state index in [1.807, 2.05) is 30.3 Å². The largest absolute Gasteiger partial charge is 0.486 e. The Morgan fingerprint density at radius 2 is 1.64 bits per heavy atom. The lowest BCUT2D eigenvalue weighted by Crippen LogP contribution is -2.42. The van der Waals surface area contributed by atoms with Crippen molar-refractivity contribution in [1.29, 1.82) is 0 Å². The van der Waals surface area contributed by atoms with Crippen LogP contribution in [-0.2, 0) is 10.2 Å². The molecule has 6 nitrogen and oxygen atoms in total. The fourth-order valence-electron chi connectivity index (χ4n) is 2.62. The molecule has 0 aliphatic carbocycles. The maximum atomic E-state index is 12.2. The van der Waals surface area contributed by atoms with Crippen LogP contribution in [0.25, 0.3) is 0 Å². The number of carbonyl (C=O) groups excluding carboxylic acids is 2. The molecule has 2 aromatic rings. The van der Waals surface area contributed by atoms with Crippen LogP contribution in [0.2, 0.25) is 0 Å². The van der Waals surface area contributed by atoms with Gasteiger partial charge in [0.15, 0.2) is 11.5 Å². The van der Waals surface area contributed by atoms with Gasteiger partial charge in [-0.15, -0.1) is 11.8 Å². The fraction of sp³-hybridized carbons (Fsp3) is 0.333. The molecule has 0 saturated heterocycles. The summed E-state index contributed by atoms with van der Waals surface area (Å²) in [4.78, 5) is 25.1. The Morgan fingerprint density at radius 3 is 2.32 bits per heavy atom. The lowest BCUT2D eigenvalue weighted by atomic mass is 9.87. The minimum atomic E-state index is -0.349. The Hall–Kier alpha value is -2.67. The van der Waals surface area contributed by atoms with E-state index in [2.05, 4.69) is 31.6 Å². The normalized spacial score (nSPS) is 13.0. The molecule has 0 fully saturated rings. The lowest BCUT2D eigenvalue weighted by molar-refractivity contribution is -0.119. The second-order valence-electron chi connectivity index (χ2n) is 7.42. The lowest BCUT2D eigenvalue weighted by Gasteiger charge is -2.19. The molecule has 2 N–H and O–H groups in total. The first kappa shape index (κ1) is 20.1. The maximum absolute atomic E-state index is 12.2. The van der Waals surface area contributed by atoms with Gasteiger partial charge < -0.3 is 9.47 Å². The summed E-state index contributed by atoms with van der Waals surface area (Å²) in [6.45, 7) is 7.40. The zero-order chi connectivity index (χ0) is 20.1. The quantitative estimate of drug-likeness (QED) is 0.608.